The van der Waals surface area contributed by atoms with Crippen LogP contribution in [0.2, 0.25) is 0 Å². The van der Waals surface area contributed by atoms with Crippen LogP contribution in [-0.2, 0) is 4.79 Å². The van der Waals surface area contributed by atoms with Gasteiger partial charge in [0, 0.05) is 12.3 Å². The molecule has 0 saturated heterocycles. The third-order valence-electron chi connectivity index (χ3n) is 4.62. The topological polar surface area (TPSA) is 37.3 Å². The van der Waals surface area contributed by atoms with Gasteiger partial charge in [0.25, 0.3) is 0 Å². The molecule has 1 aliphatic rings. The molecule has 1 N–H and O–H groups in total. The van der Waals surface area contributed by atoms with Crippen LogP contribution in [0.5, 0.6) is 0 Å². The van der Waals surface area contributed by atoms with Gasteiger partial charge >= 0.3 is 0 Å². The molecule has 0 amide bonds. The van der Waals surface area contributed by atoms with Crippen LogP contribution in [-0.4, -0.2) is 10.9 Å². The third-order valence-corrected chi connectivity index (χ3v) is 4.62. The summed E-state index contributed by atoms with van der Waals surface area (Å²) < 4.78 is 0. The van der Waals surface area contributed by atoms with Crippen molar-refractivity contribution >= 4 is 5.78 Å². The zero-order valence-electron chi connectivity index (χ0n) is 13.0. The number of aliphatic hydroxyl groups is 1. The Hall–Kier alpha value is -1.15. The van der Waals surface area contributed by atoms with Crippen molar-refractivity contribution in [2.45, 2.75) is 70.3 Å². The van der Waals surface area contributed by atoms with Gasteiger partial charge in [-0.05, 0) is 18.4 Å². The van der Waals surface area contributed by atoms with Gasteiger partial charge in [-0.1, -0.05) is 75.3 Å². The highest BCUT2D eigenvalue weighted by atomic mass is 16.3. The van der Waals surface area contributed by atoms with E-state index in [2.05, 4.69) is 0 Å². The van der Waals surface area contributed by atoms with E-state index in [1.54, 1.807) is 0 Å². The fourth-order valence-electron chi connectivity index (χ4n) is 3.29. The van der Waals surface area contributed by atoms with Crippen LogP contribution in [0.15, 0.2) is 30.3 Å². The Balaban J connectivity index is 2.02. The van der Waals surface area contributed by atoms with Gasteiger partial charge in [0.15, 0.2) is 0 Å². The molecule has 0 bridgehead atoms. The molecule has 1 saturated carbocycles. The van der Waals surface area contributed by atoms with E-state index in [4.69, 9.17) is 0 Å². The number of hydrogen-bond acceptors (Lipinski definition) is 2. The lowest BCUT2D eigenvalue weighted by molar-refractivity contribution is -0.127. The Kier molecular flexibility index (Phi) is 6.94. The van der Waals surface area contributed by atoms with Gasteiger partial charge in [0.1, 0.15) is 5.78 Å². The summed E-state index contributed by atoms with van der Waals surface area (Å²) in [5.74, 6) is 0.0405. The zero-order chi connectivity index (χ0) is 14.9. The van der Waals surface area contributed by atoms with Gasteiger partial charge in [-0.2, -0.15) is 0 Å². The van der Waals surface area contributed by atoms with Crippen molar-refractivity contribution in [3.63, 3.8) is 0 Å². The van der Waals surface area contributed by atoms with Crippen molar-refractivity contribution in [2.75, 3.05) is 0 Å². The maximum Gasteiger partial charge on any atom is 0.138 e. The predicted octanol–water partition coefficient (Wildman–Crippen LogP) is 4.82. The molecule has 1 aromatic carbocycles. The molecule has 0 aromatic heterocycles. The fraction of sp³-hybridized carbons (Fsp3) is 0.632. The van der Waals surface area contributed by atoms with Crippen molar-refractivity contribution in [1.82, 2.24) is 0 Å². The molecule has 1 aliphatic carbocycles. The molecule has 2 heteroatoms. The molecular weight excluding hydrogens is 260 g/mol. The van der Waals surface area contributed by atoms with Crippen LogP contribution in [0.1, 0.15) is 75.9 Å². The second-order valence-corrected chi connectivity index (χ2v) is 6.30. The molecule has 2 rings (SSSR count). The van der Waals surface area contributed by atoms with E-state index in [1.165, 1.54) is 32.1 Å². The minimum atomic E-state index is -0.637. The Bertz CT molecular complexity index is 413. The summed E-state index contributed by atoms with van der Waals surface area (Å²) in [6.45, 7) is 0. The molecule has 0 spiro atoms. The number of carbonyl (C=O) groups is 1. The van der Waals surface area contributed by atoms with E-state index < -0.39 is 6.10 Å². The first-order valence-electron chi connectivity index (χ1n) is 8.55. The van der Waals surface area contributed by atoms with Gasteiger partial charge in [-0.15, -0.1) is 0 Å². The van der Waals surface area contributed by atoms with Crippen LogP contribution in [0, 0.1) is 5.92 Å². The van der Waals surface area contributed by atoms with Crippen molar-refractivity contribution < 1.29 is 9.90 Å². The molecule has 2 nitrogen and oxygen atoms in total. The Morgan fingerprint density at radius 1 is 0.857 bits per heavy atom. The first-order chi connectivity index (χ1) is 10.3. The van der Waals surface area contributed by atoms with E-state index in [0.717, 1.165) is 31.2 Å². The van der Waals surface area contributed by atoms with Gasteiger partial charge in [-0.25, -0.2) is 0 Å². The van der Waals surface area contributed by atoms with Crippen molar-refractivity contribution in [3.8, 4) is 0 Å². The van der Waals surface area contributed by atoms with Crippen LogP contribution >= 0.6 is 0 Å². The quantitative estimate of drug-likeness (QED) is 0.847. The van der Waals surface area contributed by atoms with Crippen molar-refractivity contribution in [2.24, 2.45) is 5.92 Å². The van der Waals surface area contributed by atoms with E-state index >= 15 is 0 Å². The van der Waals surface area contributed by atoms with Gasteiger partial charge in [0.2, 0.25) is 0 Å². The summed E-state index contributed by atoms with van der Waals surface area (Å²) in [6, 6.07) is 9.65. The molecule has 2 unspecified atom stereocenters. The molecule has 1 aromatic rings. The first kappa shape index (κ1) is 16.2. The van der Waals surface area contributed by atoms with Gasteiger partial charge in [0.05, 0.1) is 6.10 Å². The maximum absolute atomic E-state index is 12.5. The van der Waals surface area contributed by atoms with Gasteiger partial charge in [-0.3, -0.25) is 4.79 Å². The lowest BCUT2D eigenvalue weighted by atomic mass is 9.85. The second kappa shape index (κ2) is 8.99. The monoisotopic (exact) mass is 288 g/mol. The molecule has 0 radical (unpaired) electrons. The normalized spacial score (nSPS) is 23.9. The minimum absolute atomic E-state index is 0.216. The number of benzene rings is 1. The van der Waals surface area contributed by atoms with E-state index in [9.17, 15) is 9.90 Å². The summed E-state index contributed by atoms with van der Waals surface area (Å²) in [7, 11) is 0. The Labute approximate surface area is 128 Å². The highest BCUT2D eigenvalue weighted by Crippen LogP contribution is 2.29. The fourth-order valence-corrected chi connectivity index (χ4v) is 3.29. The number of rotatable bonds is 2. The highest BCUT2D eigenvalue weighted by Gasteiger charge is 2.26. The van der Waals surface area contributed by atoms with Crippen LogP contribution in [0.3, 0.4) is 0 Å². The third kappa shape index (κ3) is 5.28. The summed E-state index contributed by atoms with van der Waals surface area (Å²) in [5, 5.41) is 10.6. The number of carbonyl (C=O) groups excluding carboxylic acids is 1. The molecule has 116 valence electrons. The van der Waals surface area contributed by atoms with Gasteiger partial charge < -0.3 is 5.11 Å². The van der Waals surface area contributed by atoms with E-state index in [0.29, 0.717) is 6.42 Å². The summed E-state index contributed by atoms with van der Waals surface area (Å²) >= 11 is 0. The number of Topliss-reactive ketones (excluding diaryl/α,β-unsaturated/α-hetero) is 1. The average molecular weight is 288 g/mol. The summed E-state index contributed by atoms with van der Waals surface area (Å²) in [4.78, 5) is 12.5. The molecule has 2 atom stereocenters. The second-order valence-electron chi connectivity index (χ2n) is 6.30. The molecule has 1 fully saturated rings. The predicted molar refractivity (Wildman–Crippen MR) is 86.1 cm³/mol. The molecule has 0 heterocycles. The molecule has 21 heavy (non-hydrogen) atoms. The average Bonchev–Trinajstić information content (AvgIpc) is 2.51. The van der Waals surface area contributed by atoms with Crippen molar-refractivity contribution in [3.05, 3.63) is 35.9 Å². The molecule has 0 aliphatic heterocycles. The summed E-state index contributed by atoms with van der Waals surface area (Å²) in [5.41, 5.74) is 0.878. The lowest BCUT2D eigenvalue weighted by Crippen LogP contribution is -2.22. The minimum Gasteiger partial charge on any atom is -0.388 e. The SMILES string of the molecule is O=C1CCCCCCCCCCC1C(O)c1ccccc1. The standard InChI is InChI=1S/C19H28O2/c20-18-15-11-6-4-2-1-3-5-10-14-17(18)19(21)16-12-8-7-9-13-16/h7-9,12-13,17,19,21H,1-6,10-11,14-15H2. The maximum atomic E-state index is 12.5. The molecular formula is C19H28O2. The Morgan fingerprint density at radius 3 is 2.10 bits per heavy atom. The number of ketones is 1. The van der Waals surface area contributed by atoms with Crippen LogP contribution < -0.4 is 0 Å². The van der Waals surface area contributed by atoms with Crippen molar-refractivity contribution in [1.29, 1.82) is 0 Å². The van der Waals surface area contributed by atoms with E-state index in [-0.39, 0.29) is 11.7 Å². The lowest BCUT2D eigenvalue weighted by Gasteiger charge is -2.23. The first-order valence-corrected chi connectivity index (χ1v) is 8.55. The smallest absolute Gasteiger partial charge is 0.138 e. The number of aliphatic hydroxyl groups excluding tert-OH is 1. The van der Waals surface area contributed by atoms with E-state index in [1.807, 2.05) is 30.3 Å². The summed E-state index contributed by atoms with van der Waals surface area (Å²) in [6.07, 6.45) is 10.3. The van der Waals surface area contributed by atoms with Crippen LogP contribution in [0.25, 0.3) is 0 Å². The Morgan fingerprint density at radius 2 is 1.43 bits per heavy atom. The zero-order valence-corrected chi connectivity index (χ0v) is 13.0. The number of hydrogen-bond donors (Lipinski definition) is 1. The highest BCUT2D eigenvalue weighted by molar-refractivity contribution is 5.81. The van der Waals surface area contributed by atoms with Crippen LogP contribution in [0.4, 0.5) is 0 Å². The largest absolute Gasteiger partial charge is 0.388 e.